The van der Waals surface area contributed by atoms with Crippen molar-refractivity contribution in [1.82, 2.24) is 10.2 Å². The van der Waals surface area contributed by atoms with Gasteiger partial charge in [-0.25, -0.2) is 0 Å². The lowest BCUT2D eigenvalue weighted by Crippen LogP contribution is -2.55. The summed E-state index contributed by atoms with van der Waals surface area (Å²) in [4.78, 5) is 2.76. The molecular formula is C17H34N2. The summed E-state index contributed by atoms with van der Waals surface area (Å²) in [5.41, 5.74) is 0. The third-order valence-electron chi connectivity index (χ3n) is 5.99. The van der Waals surface area contributed by atoms with E-state index in [1.54, 1.807) is 0 Å². The summed E-state index contributed by atoms with van der Waals surface area (Å²) in [5.74, 6) is 1.84. The standard InChI is InChI=1S/C17H34N2/c1-5-14-10-11-15(18-3)17(12-14)19(4)16-9-7-6-8-13(16)2/h13-18H,5-12H2,1-4H3. The molecule has 0 spiro atoms. The molecule has 0 amide bonds. The highest BCUT2D eigenvalue weighted by Gasteiger charge is 2.36. The van der Waals surface area contributed by atoms with Gasteiger partial charge in [0.2, 0.25) is 0 Å². The molecule has 112 valence electrons. The second-order valence-electron chi connectivity index (χ2n) is 7.04. The predicted octanol–water partition coefficient (Wildman–Crippen LogP) is 3.66. The predicted molar refractivity (Wildman–Crippen MR) is 83.5 cm³/mol. The number of hydrogen-bond donors (Lipinski definition) is 1. The molecular weight excluding hydrogens is 232 g/mol. The zero-order chi connectivity index (χ0) is 13.8. The number of likely N-dealkylation sites (N-methyl/N-ethyl adjacent to an activating group) is 2. The van der Waals surface area contributed by atoms with Crippen LogP contribution >= 0.6 is 0 Å². The van der Waals surface area contributed by atoms with Crippen molar-refractivity contribution in [1.29, 1.82) is 0 Å². The molecule has 0 aromatic heterocycles. The van der Waals surface area contributed by atoms with Gasteiger partial charge in [-0.05, 0) is 58.0 Å². The quantitative estimate of drug-likeness (QED) is 0.835. The van der Waals surface area contributed by atoms with E-state index in [0.29, 0.717) is 6.04 Å². The van der Waals surface area contributed by atoms with E-state index in [4.69, 9.17) is 0 Å². The van der Waals surface area contributed by atoms with E-state index >= 15 is 0 Å². The Bertz CT molecular complexity index is 266. The van der Waals surface area contributed by atoms with E-state index in [9.17, 15) is 0 Å². The van der Waals surface area contributed by atoms with Gasteiger partial charge in [-0.2, -0.15) is 0 Å². The monoisotopic (exact) mass is 266 g/mol. The summed E-state index contributed by atoms with van der Waals surface area (Å²) < 4.78 is 0. The second-order valence-corrected chi connectivity index (χ2v) is 7.04. The summed E-state index contributed by atoms with van der Waals surface area (Å²) in [5, 5.41) is 3.59. The van der Waals surface area contributed by atoms with Crippen molar-refractivity contribution in [3.63, 3.8) is 0 Å². The number of hydrogen-bond acceptors (Lipinski definition) is 2. The molecule has 2 nitrogen and oxygen atoms in total. The number of nitrogens with one attached hydrogen (secondary N) is 1. The minimum absolute atomic E-state index is 0.710. The van der Waals surface area contributed by atoms with Crippen molar-refractivity contribution in [2.45, 2.75) is 83.3 Å². The molecule has 5 atom stereocenters. The third-order valence-corrected chi connectivity index (χ3v) is 5.99. The Kier molecular flexibility index (Phi) is 5.70. The molecule has 0 aromatic rings. The van der Waals surface area contributed by atoms with Crippen molar-refractivity contribution in [2.24, 2.45) is 11.8 Å². The van der Waals surface area contributed by atoms with Gasteiger partial charge in [0, 0.05) is 18.1 Å². The van der Waals surface area contributed by atoms with E-state index in [1.165, 1.54) is 51.4 Å². The number of rotatable bonds is 4. The molecule has 0 aliphatic heterocycles. The normalized spacial score (nSPS) is 40.6. The molecule has 2 fully saturated rings. The van der Waals surface area contributed by atoms with Crippen LogP contribution in [0.5, 0.6) is 0 Å². The SMILES string of the molecule is CCC1CCC(NC)C(N(C)C2CCCCC2C)C1. The molecule has 19 heavy (non-hydrogen) atoms. The lowest BCUT2D eigenvalue weighted by Gasteiger charge is -2.47. The maximum Gasteiger partial charge on any atom is 0.0251 e. The summed E-state index contributed by atoms with van der Waals surface area (Å²) in [6.07, 6.45) is 11.3. The maximum atomic E-state index is 3.59. The lowest BCUT2D eigenvalue weighted by atomic mass is 9.78. The van der Waals surface area contributed by atoms with Crippen LogP contribution < -0.4 is 5.32 Å². The largest absolute Gasteiger partial charge is 0.315 e. The molecule has 0 saturated heterocycles. The Morgan fingerprint density at radius 3 is 2.42 bits per heavy atom. The molecule has 0 bridgehead atoms. The number of nitrogens with zero attached hydrogens (tertiary/aromatic N) is 1. The fourth-order valence-corrected chi connectivity index (χ4v) is 4.54. The van der Waals surface area contributed by atoms with E-state index < -0.39 is 0 Å². The zero-order valence-electron chi connectivity index (χ0n) is 13.5. The summed E-state index contributed by atoms with van der Waals surface area (Å²) >= 11 is 0. The van der Waals surface area contributed by atoms with Crippen LogP contribution in [0.4, 0.5) is 0 Å². The second kappa shape index (κ2) is 7.08. The smallest absolute Gasteiger partial charge is 0.0251 e. The van der Waals surface area contributed by atoms with Gasteiger partial charge in [-0.15, -0.1) is 0 Å². The Labute approximate surface area is 120 Å². The maximum absolute atomic E-state index is 3.59. The average Bonchev–Trinajstić information content (AvgIpc) is 2.46. The highest BCUT2D eigenvalue weighted by atomic mass is 15.2. The summed E-state index contributed by atoms with van der Waals surface area (Å²) in [6, 6.07) is 2.29. The van der Waals surface area contributed by atoms with E-state index in [0.717, 1.165) is 23.9 Å². The first-order chi connectivity index (χ1) is 9.17. The van der Waals surface area contributed by atoms with Crippen LogP contribution in [0.3, 0.4) is 0 Å². The van der Waals surface area contributed by atoms with Crippen molar-refractivity contribution < 1.29 is 0 Å². The van der Waals surface area contributed by atoms with Crippen LogP contribution in [0.15, 0.2) is 0 Å². The molecule has 2 saturated carbocycles. The molecule has 2 aliphatic rings. The zero-order valence-corrected chi connectivity index (χ0v) is 13.5. The fourth-order valence-electron chi connectivity index (χ4n) is 4.54. The van der Waals surface area contributed by atoms with Crippen LogP contribution in [-0.4, -0.2) is 37.1 Å². The van der Waals surface area contributed by atoms with Gasteiger partial charge < -0.3 is 5.32 Å². The first-order valence-corrected chi connectivity index (χ1v) is 8.56. The Morgan fingerprint density at radius 1 is 1.05 bits per heavy atom. The average molecular weight is 266 g/mol. The highest BCUT2D eigenvalue weighted by Crippen LogP contribution is 2.34. The summed E-state index contributed by atoms with van der Waals surface area (Å²) in [7, 11) is 4.56. The van der Waals surface area contributed by atoms with E-state index in [-0.39, 0.29) is 0 Å². The van der Waals surface area contributed by atoms with Gasteiger partial charge in [0.15, 0.2) is 0 Å². The van der Waals surface area contributed by atoms with Gasteiger partial charge >= 0.3 is 0 Å². The molecule has 5 unspecified atom stereocenters. The molecule has 2 heteroatoms. The molecule has 0 aromatic carbocycles. The topological polar surface area (TPSA) is 15.3 Å². The molecule has 1 N–H and O–H groups in total. The van der Waals surface area contributed by atoms with Gasteiger partial charge in [-0.1, -0.05) is 33.1 Å². The van der Waals surface area contributed by atoms with Gasteiger partial charge in [0.1, 0.15) is 0 Å². The van der Waals surface area contributed by atoms with E-state index in [2.05, 4.69) is 38.2 Å². The Morgan fingerprint density at radius 2 is 1.79 bits per heavy atom. The minimum Gasteiger partial charge on any atom is -0.315 e. The van der Waals surface area contributed by atoms with Gasteiger partial charge in [0.05, 0.1) is 0 Å². The van der Waals surface area contributed by atoms with Gasteiger partial charge in [-0.3, -0.25) is 4.90 Å². The van der Waals surface area contributed by atoms with Crippen LogP contribution in [0, 0.1) is 11.8 Å². The molecule has 2 aliphatic carbocycles. The van der Waals surface area contributed by atoms with Crippen molar-refractivity contribution in [3.8, 4) is 0 Å². The lowest BCUT2D eigenvalue weighted by molar-refractivity contribution is 0.0454. The van der Waals surface area contributed by atoms with Crippen LogP contribution in [0.2, 0.25) is 0 Å². The Hall–Kier alpha value is -0.0800. The van der Waals surface area contributed by atoms with Crippen molar-refractivity contribution >= 4 is 0 Å². The fraction of sp³-hybridized carbons (Fsp3) is 1.00. The molecule has 0 heterocycles. The van der Waals surface area contributed by atoms with Crippen LogP contribution in [-0.2, 0) is 0 Å². The minimum atomic E-state index is 0.710. The third kappa shape index (κ3) is 3.52. The van der Waals surface area contributed by atoms with Crippen molar-refractivity contribution in [3.05, 3.63) is 0 Å². The highest BCUT2D eigenvalue weighted by molar-refractivity contribution is 4.93. The van der Waals surface area contributed by atoms with E-state index in [1.807, 2.05) is 0 Å². The van der Waals surface area contributed by atoms with Crippen LogP contribution in [0.1, 0.15) is 65.2 Å². The first kappa shape index (κ1) is 15.3. The first-order valence-electron chi connectivity index (χ1n) is 8.56. The van der Waals surface area contributed by atoms with Crippen LogP contribution in [0.25, 0.3) is 0 Å². The molecule has 2 rings (SSSR count). The Balaban J connectivity index is 2.02. The molecule has 0 radical (unpaired) electrons. The van der Waals surface area contributed by atoms with Gasteiger partial charge in [0.25, 0.3) is 0 Å². The summed E-state index contributed by atoms with van der Waals surface area (Å²) in [6.45, 7) is 4.83. The van der Waals surface area contributed by atoms with Crippen molar-refractivity contribution in [2.75, 3.05) is 14.1 Å².